The number of nitrogens with one attached hydrogen (secondary N) is 2. The van der Waals surface area contributed by atoms with E-state index in [0.717, 1.165) is 12.8 Å². The van der Waals surface area contributed by atoms with Gasteiger partial charge in [-0.25, -0.2) is 0 Å². The Balaban J connectivity index is 0.000000437. The molecule has 0 spiro atoms. The normalized spacial score (nSPS) is 11.7. The molecule has 0 saturated carbocycles. The van der Waals surface area contributed by atoms with Gasteiger partial charge in [-0.2, -0.15) is 0 Å². The van der Waals surface area contributed by atoms with Gasteiger partial charge in [-0.15, -0.1) is 0 Å². The fraction of sp³-hybridized carbons (Fsp3) is 0.345. The molecule has 182 valence electrons. The van der Waals surface area contributed by atoms with Crippen LogP contribution in [0.1, 0.15) is 86.2 Å². The van der Waals surface area contributed by atoms with Crippen molar-refractivity contribution in [2.75, 3.05) is 0 Å². The summed E-state index contributed by atoms with van der Waals surface area (Å²) >= 11 is 0. The smallest absolute Gasteiger partial charge is 0.255 e. The number of hydrogen-bond acceptors (Lipinski definition) is 3. The topological polar surface area (TPSA) is 75.3 Å². The molecule has 2 N–H and O–H groups in total. The molecule has 0 bridgehead atoms. The quantitative estimate of drug-likeness (QED) is 0.377. The average molecular weight is 463 g/mol. The second kappa shape index (κ2) is 13.9. The molecule has 2 aromatic carbocycles. The SMILES string of the molecule is C/C=C(NC(C)=O)\C(=C/CCC)NC(=O)c1cccc(C=O)c1.Cc1cccc(C(C)(C)C)c1. The Bertz CT molecular complexity index is 1040. The van der Waals surface area contributed by atoms with Crippen molar-refractivity contribution in [1.82, 2.24) is 10.6 Å². The summed E-state index contributed by atoms with van der Waals surface area (Å²) in [6, 6.07) is 15.1. The van der Waals surface area contributed by atoms with Gasteiger partial charge >= 0.3 is 0 Å². The lowest BCUT2D eigenvalue weighted by molar-refractivity contribution is -0.118. The number of hydrogen-bond donors (Lipinski definition) is 2. The Morgan fingerprint density at radius 3 is 2.15 bits per heavy atom. The number of rotatable bonds is 7. The number of carbonyl (C=O) groups is 3. The molecule has 5 heteroatoms. The lowest BCUT2D eigenvalue weighted by Crippen LogP contribution is -2.30. The summed E-state index contributed by atoms with van der Waals surface area (Å²) in [4.78, 5) is 34.5. The fourth-order valence-corrected chi connectivity index (χ4v) is 3.06. The summed E-state index contributed by atoms with van der Waals surface area (Å²) in [5.41, 5.74) is 4.96. The highest BCUT2D eigenvalue weighted by Crippen LogP contribution is 2.22. The maximum atomic E-state index is 12.4. The van der Waals surface area contributed by atoms with Crippen LogP contribution in [-0.4, -0.2) is 18.1 Å². The van der Waals surface area contributed by atoms with E-state index in [2.05, 4.69) is 62.6 Å². The molecule has 2 rings (SSSR count). The first kappa shape index (κ1) is 28.6. The second-order valence-electron chi connectivity index (χ2n) is 9.11. The maximum Gasteiger partial charge on any atom is 0.255 e. The van der Waals surface area contributed by atoms with Gasteiger partial charge in [0.2, 0.25) is 5.91 Å². The Morgan fingerprint density at radius 2 is 1.65 bits per heavy atom. The predicted molar refractivity (Wildman–Crippen MR) is 140 cm³/mol. The highest BCUT2D eigenvalue weighted by atomic mass is 16.2. The molecule has 34 heavy (non-hydrogen) atoms. The first-order valence-electron chi connectivity index (χ1n) is 11.6. The van der Waals surface area contributed by atoms with Gasteiger partial charge in [-0.1, -0.05) is 88.2 Å². The molecule has 0 aliphatic rings. The van der Waals surface area contributed by atoms with Gasteiger partial charge in [0.1, 0.15) is 6.29 Å². The number of unbranched alkanes of at least 4 members (excludes halogenated alkanes) is 1. The van der Waals surface area contributed by atoms with Crippen LogP contribution in [0.15, 0.2) is 72.1 Å². The molecule has 0 radical (unpaired) electrons. The number of amides is 2. The molecule has 0 fully saturated rings. The first-order chi connectivity index (χ1) is 16.0. The third kappa shape index (κ3) is 9.99. The molecule has 0 unspecified atom stereocenters. The van der Waals surface area contributed by atoms with Crippen molar-refractivity contribution in [2.24, 2.45) is 0 Å². The summed E-state index contributed by atoms with van der Waals surface area (Å²) in [6.45, 7) is 14.1. The highest BCUT2D eigenvalue weighted by molar-refractivity contribution is 5.97. The third-order valence-corrected chi connectivity index (χ3v) is 4.94. The van der Waals surface area contributed by atoms with Crippen LogP contribution in [0.4, 0.5) is 0 Å². The van der Waals surface area contributed by atoms with E-state index in [-0.39, 0.29) is 17.2 Å². The summed E-state index contributed by atoms with van der Waals surface area (Å²) in [5, 5.41) is 5.50. The number of benzene rings is 2. The van der Waals surface area contributed by atoms with Gasteiger partial charge in [0, 0.05) is 18.1 Å². The van der Waals surface area contributed by atoms with E-state index >= 15 is 0 Å². The predicted octanol–water partition coefficient (Wildman–Crippen LogP) is 6.25. The second-order valence-corrected chi connectivity index (χ2v) is 9.11. The van der Waals surface area contributed by atoms with Gasteiger partial charge in [-0.3, -0.25) is 14.4 Å². The lowest BCUT2D eigenvalue weighted by Gasteiger charge is -2.19. The molecule has 0 aromatic heterocycles. The molecular weight excluding hydrogens is 424 g/mol. The zero-order valence-corrected chi connectivity index (χ0v) is 21.5. The van der Waals surface area contributed by atoms with Gasteiger partial charge in [0.05, 0.1) is 11.4 Å². The largest absolute Gasteiger partial charge is 0.325 e. The monoisotopic (exact) mass is 462 g/mol. The summed E-state index contributed by atoms with van der Waals surface area (Å²) < 4.78 is 0. The molecule has 5 nitrogen and oxygen atoms in total. The van der Waals surface area contributed by atoms with E-state index in [1.165, 1.54) is 24.1 Å². The Morgan fingerprint density at radius 1 is 0.971 bits per heavy atom. The molecule has 0 aliphatic carbocycles. The van der Waals surface area contributed by atoms with Crippen LogP contribution < -0.4 is 10.6 Å². The van der Waals surface area contributed by atoms with Crippen molar-refractivity contribution in [3.05, 3.63) is 94.3 Å². The summed E-state index contributed by atoms with van der Waals surface area (Å²) in [7, 11) is 0. The average Bonchev–Trinajstić information content (AvgIpc) is 2.80. The summed E-state index contributed by atoms with van der Waals surface area (Å²) in [6.07, 6.45) is 5.97. The van der Waals surface area contributed by atoms with Crippen molar-refractivity contribution in [1.29, 1.82) is 0 Å². The number of allylic oxidation sites excluding steroid dienone is 2. The minimum Gasteiger partial charge on any atom is -0.325 e. The van der Waals surface area contributed by atoms with Crippen LogP contribution in [0.3, 0.4) is 0 Å². The molecule has 0 aliphatic heterocycles. The van der Waals surface area contributed by atoms with Crippen molar-refractivity contribution < 1.29 is 14.4 Å². The van der Waals surface area contributed by atoms with Gasteiger partial charge in [-0.05, 0) is 43.4 Å². The van der Waals surface area contributed by atoms with E-state index in [9.17, 15) is 14.4 Å². The maximum absolute atomic E-state index is 12.4. The zero-order chi connectivity index (χ0) is 25.7. The highest BCUT2D eigenvalue weighted by Gasteiger charge is 2.13. The van der Waals surface area contributed by atoms with Gasteiger partial charge in [0.15, 0.2) is 0 Å². The van der Waals surface area contributed by atoms with E-state index in [0.29, 0.717) is 28.8 Å². The van der Waals surface area contributed by atoms with Crippen molar-refractivity contribution in [3.8, 4) is 0 Å². The number of aryl methyl sites for hydroxylation is 1. The van der Waals surface area contributed by atoms with E-state index < -0.39 is 0 Å². The molecule has 2 aromatic rings. The molecule has 0 saturated heterocycles. The van der Waals surface area contributed by atoms with Gasteiger partial charge in [0.25, 0.3) is 5.91 Å². The van der Waals surface area contributed by atoms with E-state index in [4.69, 9.17) is 0 Å². The zero-order valence-electron chi connectivity index (χ0n) is 21.5. The van der Waals surface area contributed by atoms with E-state index in [1.54, 1.807) is 31.2 Å². The first-order valence-corrected chi connectivity index (χ1v) is 11.6. The molecular formula is C29H38N2O3. The van der Waals surface area contributed by atoms with Crippen molar-refractivity contribution >= 4 is 18.1 Å². The lowest BCUT2D eigenvalue weighted by atomic mass is 9.86. The minimum atomic E-state index is -0.333. The van der Waals surface area contributed by atoms with Crippen LogP contribution in [0.25, 0.3) is 0 Å². The van der Waals surface area contributed by atoms with Crippen LogP contribution in [-0.2, 0) is 10.2 Å². The third-order valence-electron chi connectivity index (χ3n) is 4.94. The minimum absolute atomic E-state index is 0.210. The molecule has 2 amide bonds. The Hall–Kier alpha value is -3.47. The van der Waals surface area contributed by atoms with Crippen LogP contribution in [0, 0.1) is 6.92 Å². The fourth-order valence-electron chi connectivity index (χ4n) is 3.06. The van der Waals surface area contributed by atoms with Crippen molar-refractivity contribution in [3.63, 3.8) is 0 Å². The molecule has 0 heterocycles. The standard InChI is InChI=1S/C18H22N2O3.C11H16/c1-4-6-10-17(16(5-2)19-13(3)22)20-18(23)15-9-7-8-14(11-15)12-21;1-9-6-5-7-10(8-9)11(2,3)4/h5,7-12H,4,6H2,1-3H3,(H,19,22)(H,20,23);5-8H,1-4H3/b16-5+,17-10+;. The Labute approximate surface area is 204 Å². The van der Waals surface area contributed by atoms with E-state index in [1.807, 2.05) is 13.0 Å². The van der Waals surface area contributed by atoms with Crippen LogP contribution in [0.5, 0.6) is 0 Å². The summed E-state index contributed by atoms with van der Waals surface area (Å²) in [5.74, 6) is -0.543. The van der Waals surface area contributed by atoms with Crippen molar-refractivity contribution in [2.45, 2.75) is 66.7 Å². The Kier molecular flexibility index (Phi) is 11.7. The van der Waals surface area contributed by atoms with Gasteiger partial charge < -0.3 is 10.6 Å². The van der Waals surface area contributed by atoms with Crippen LogP contribution in [0.2, 0.25) is 0 Å². The number of aldehydes is 1. The number of carbonyl (C=O) groups excluding carboxylic acids is 3. The van der Waals surface area contributed by atoms with Crippen LogP contribution >= 0.6 is 0 Å². The molecule has 0 atom stereocenters.